The summed E-state index contributed by atoms with van der Waals surface area (Å²) in [5.41, 5.74) is 1.23. The van der Waals surface area contributed by atoms with Crippen molar-refractivity contribution in [3.05, 3.63) is 23.8 Å². The Morgan fingerprint density at radius 2 is 1.81 bits per heavy atom. The molecule has 0 unspecified atom stereocenters. The number of rotatable bonds is 8. The van der Waals surface area contributed by atoms with Crippen LogP contribution in [-0.2, 0) is 6.54 Å². The van der Waals surface area contributed by atoms with Gasteiger partial charge in [0, 0.05) is 32.8 Å². The SMILES string of the molecule is COc1cc(CN2C[C@@H](CN3CCCC3)[C@@H](CO)C2)ccc1OC(C)C. The molecule has 5 nitrogen and oxygen atoms in total. The van der Waals surface area contributed by atoms with Crippen molar-refractivity contribution in [2.24, 2.45) is 11.8 Å². The van der Waals surface area contributed by atoms with Crippen molar-refractivity contribution >= 4 is 0 Å². The highest BCUT2D eigenvalue weighted by molar-refractivity contribution is 5.43. The van der Waals surface area contributed by atoms with Crippen molar-refractivity contribution in [3.8, 4) is 11.5 Å². The van der Waals surface area contributed by atoms with E-state index in [1.165, 1.54) is 31.5 Å². The number of aliphatic hydroxyl groups excluding tert-OH is 1. The molecule has 2 fully saturated rings. The number of hydrogen-bond donors (Lipinski definition) is 1. The molecule has 2 saturated heterocycles. The maximum absolute atomic E-state index is 9.81. The first-order chi connectivity index (χ1) is 12.6. The van der Waals surface area contributed by atoms with Gasteiger partial charge in [-0.25, -0.2) is 0 Å². The molecule has 0 radical (unpaired) electrons. The number of ether oxygens (including phenoxy) is 2. The second kappa shape index (κ2) is 9.07. The molecule has 1 aromatic rings. The summed E-state index contributed by atoms with van der Waals surface area (Å²) in [6.45, 7) is 10.8. The van der Waals surface area contributed by atoms with E-state index >= 15 is 0 Å². The van der Waals surface area contributed by atoms with Crippen molar-refractivity contribution < 1.29 is 14.6 Å². The standard InChI is InChI=1S/C21H34N2O3/c1-16(2)26-20-7-6-17(10-21(20)25-3)11-23-13-18(19(14-23)15-24)12-22-8-4-5-9-22/h6-7,10,16,18-19,24H,4-5,8-9,11-15H2,1-3H3/t18-,19-/m1/s1. The first-order valence-electron chi connectivity index (χ1n) is 9.98. The smallest absolute Gasteiger partial charge is 0.161 e. The van der Waals surface area contributed by atoms with Crippen LogP contribution in [0.5, 0.6) is 11.5 Å². The lowest BCUT2D eigenvalue weighted by Gasteiger charge is -2.23. The van der Waals surface area contributed by atoms with Gasteiger partial charge in [0.2, 0.25) is 0 Å². The Bertz CT molecular complexity index is 572. The summed E-state index contributed by atoms with van der Waals surface area (Å²) in [5, 5.41) is 9.81. The van der Waals surface area contributed by atoms with E-state index in [0.717, 1.165) is 37.7 Å². The lowest BCUT2D eigenvalue weighted by Crippen LogP contribution is -2.31. The van der Waals surface area contributed by atoms with Gasteiger partial charge in [0.15, 0.2) is 11.5 Å². The van der Waals surface area contributed by atoms with Crippen LogP contribution >= 0.6 is 0 Å². The van der Waals surface area contributed by atoms with E-state index < -0.39 is 0 Å². The molecule has 5 heteroatoms. The number of nitrogens with zero attached hydrogens (tertiary/aromatic N) is 2. The summed E-state index contributed by atoms with van der Waals surface area (Å²) < 4.78 is 11.3. The predicted molar refractivity (Wildman–Crippen MR) is 104 cm³/mol. The van der Waals surface area contributed by atoms with Gasteiger partial charge in [-0.05, 0) is 69.3 Å². The molecule has 1 N–H and O–H groups in total. The van der Waals surface area contributed by atoms with E-state index in [-0.39, 0.29) is 6.10 Å². The van der Waals surface area contributed by atoms with E-state index in [9.17, 15) is 5.11 Å². The minimum absolute atomic E-state index is 0.130. The molecule has 0 bridgehead atoms. The number of methoxy groups -OCH3 is 1. The third-order valence-corrected chi connectivity index (χ3v) is 5.57. The average Bonchev–Trinajstić information content (AvgIpc) is 3.26. The quantitative estimate of drug-likeness (QED) is 0.770. The Balaban J connectivity index is 1.61. The molecule has 3 rings (SSSR count). The van der Waals surface area contributed by atoms with Gasteiger partial charge in [-0.2, -0.15) is 0 Å². The molecule has 2 atom stereocenters. The van der Waals surface area contributed by atoms with Gasteiger partial charge in [-0.1, -0.05) is 6.07 Å². The minimum Gasteiger partial charge on any atom is -0.493 e. The molecule has 1 aromatic carbocycles. The third kappa shape index (κ3) is 4.90. The molecule has 0 aromatic heterocycles. The predicted octanol–water partition coefficient (Wildman–Crippen LogP) is 2.62. The average molecular weight is 363 g/mol. The van der Waals surface area contributed by atoms with Crippen LogP contribution in [0.2, 0.25) is 0 Å². The van der Waals surface area contributed by atoms with Crippen molar-refractivity contribution in [3.63, 3.8) is 0 Å². The fraction of sp³-hybridized carbons (Fsp3) is 0.714. The zero-order valence-corrected chi connectivity index (χ0v) is 16.5. The zero-order chi connectivity index (χ0) is 18.5. The number of aliphatic hydroxyl groups is 1. The lowest BCUT2D eigenvalue weighted by atomic mass is 9.96. The monoisotopic (exact) mass is 362 g/mol. The van der Waals surface area contributed by atoms with Gasteiger partial charge in [0.25, 0.3) is 0 Å². The Hall–Kier alpha value is -1.30. The van der Waals surface area contributed by atoms with E-state index in [2.05, 4.69) is 21.9 Å². The van der Waals surface area contributed by atoms with Gasteiger partial charge in [-0.3, -0.25) is 4.90 Å². The largest absolute Gasteiger partial charge is 0.493 e. The van der Waals surface area contributed by atoms with Gasteiger partial charge < -0.3 is 19.5 Å². The Morgan fingerprint density at radius 3 is 2.46 bits per heavy atom. The first-order valence-corrected chi connectivity index (χ1v) is 9.98. The topological polar surface area (TPSA) is 45.2 Å². The summed E-state index contributed by atoms with van der Waals surface area (Å²) in [5.74, 6) is 2.56. The number of likely N-dealkylation sites (tertiary alicyclic amines) is 2. The highest BCUT2D eigenvalue weighted by atomic mass is 16.5. The Labute approximate surface area is 157 Å². The molecule has 0 aliphatic carbocycles. The molecular formula is C21H34N2O3. The highest BCUT2D eigenvalue weighted by Crippen LogP contribution is 2.31. The fourth-order valence-corrected chi connectivity index (χ4v) is 4.30. The second-order valence-corrected chi connectivity index (χ2v) is 8.06. The Kier molecular flexibility index (Phi) is 6.79. The number of benzene rings is 1. The van der Waals surface area contributed by atoms with Crippen molar-refractivity contribution in [2.45, 2.75) is 39.3 Å². The van der Waals surface area contributed by atoms with Gasteiger partial charge in [0.1, 0.15) is 0 Å². The maximum atomic E-state index is 9.81. The van der Waals surface area contributed by atoms with Gasteiger partial charge >= 0.3 is 0 Å². The Morgan fingerprint density at radius 1 is 1.08 bits per heavy atom. The van der Waals surface area contributed by atoms with Gasteiger partial charge in [0.05, 0.1) is 13.2 Å². The van der Waals surface area contributed by atoms with Crippen LogP contribution in [0.1, 0.15) is 32.3 Å². The molecular weight excluding hydrogens is 328 g/mol. The lowest BCUT2D eigenvalue weighted by molar-refractivity contribution is 0.175. The van der Waals surface area contributed by atoms with Crippen LogP contribution in [0.3, 0.4) is 0 Å². The third-order valence-electron chi connectivity index (χ3n) is 5.57. The van der Waals surface area contributed by atoms with Crippen molar-refractivity contribution in [2.75, 3.05) is 46.4 Å². The van der Waals surface area contributed by atoms with E-state index in [0.29, 0.717) is 18.4 Å². The summed E-state index contributed by atoms with van der Waals surface area (Å²) in [7, 11) is 1.69. The van der Waals surface area contributed by atoms with Crippen LogP contribution in [0.25, 0.3) is 0 Å². The summed E-state index contributed by atoms with van der Waals surface area (Å²) in [4.78, 5) is 5.04. The summed E-state index contributed by atoms with van der Waals surface area (Å²) >= 11 is 0. The fourth-order valence-electron chi connectivity index (χ4n) is 4.30. The van der Waals surface area contributed by atoms with Crippen molar-refractivity contribution in [1.82, 2.24) is 9.80 Å². The van der Waals surface area contributed by atoms with Crippen LogP contribution in [0.15, 0.2) is 18.2 Å². The van der Waals surface area contributed by atoms with Crippen LogP contribution < -0.4 is 9.47 Å². The summed E-state index contributed by atoms with van der Waals surface area (Å²) in [6, 6.07) is 6.22. The normalized spacial score (nSPS) is 24.5. The maximum Gasteiger partial charge on any atom is 0.161 e. The highest BCUT2D eigenvalue weighted by Gasteiger charge is 2.33. The molecule has 2 aliphatic rings. The molecule has 0 spiro atoms. The van der Waals surface area contributed by atoms with E-state index in [1.54, 1.807) is 7.11 Å². The minimum atomic E-state index is 0.130. The first kappa shape index (κ1) is 19.5. The molecule has 2 aliphatic heterocycles. The van der Waals surface area contributed by atoms with Crippen LogP contribution in [0, 0.1) is 11.8 Å². The molecule has 146 valence electrons. The number of hydrogen-bond acceptors (Lipinski definition) is 5. The molecule has 0 saturated carbocycles. The van der Waals surface area contributed by atoms with E-state index in [1.807, 2.05) is 19.9 Å². The van der Waals surface area contributed by atoms with Crippen molar-refractivity contribution in [1.29, 1.82) is 0 Å². The summed E-state index contributed by atoms with van der Waals surface area (Å²) in [6.07, 6.45) is 2.78. The molecule has 26 heavy (non-hydrogen) atoms. The van der Waals surface area contributed by atoms with Crippen LogP contribution in [0.4, 0.5) is 0 Å². The molecule has 2 heterocycles. The second-order valence-electron chi connectivity index (χ2n) is 8.06. The van der Waals surface area contributed by atoms with E-state index in [4.69, 9.17) is 9.47 Å². The van der Waals surface area contributed by atoms with Gasteiger partial charge in [-0.15, -0.1) is 0 Å². The zero-order valence-electron chi connectivity index (χ0n) is 16.5. The van der Waals surface area contributed by atoms with Crippen LogP contribution in [-0.4, -0.2) is 67.5 Å². The molecule has 0 amide bonds.